The molecule has 0 saturated heterocycles. The molecular formula is C10H24O6PS-. The van der Waals surface area contributed by atoms with Crippen molar-refractivity contribution in [2.24, 2.45) is 0 Å². The summed E-state index contributed by atoms with van der Waals surface area (Å²) < 4.78 is 45.3. The molecule has 0 fully saturated rings. The van der Waals surface area contributed by atoms with Crippen molar-refractivity contribution in [2.45, 2.75) is 40.5 Å². The first-order chi connectivity index (χ1) is 8.45. The highest BCUT2D eigenvalue weighted by molar-refractivity contribution is 7.79. The number of phosphoric acid groups is 1. The van der Waals surface area contributed by atoms with Crippen LogP contribution in [0.25, 0.3) is 0 Å². The predicted octanol–water partition coefficient (Wildman–Crippen LogP) is 2.87. The summed E-state index contributed by atoms with van der Waals surface area (Å²) in [5.41, 5.74) is 0. The van der Waals surface area contributed by atoms with Crippen LogP contribution in [0.1, 0.15) is 40.5 Å². The van der Waals surface area contributed by atoms with E-state index in [0.29, 0.717) is 25.6 Å². The number of phosphoric ester groups is 1. The minimum atomic E-state index is -3.22. The van der Waals surface area contributed by atoms with E-state index >= 15 is 0 Å². The van der Waals surface area contributed by atoms with Crippen LogP contribution < -0.4 is 0 Å². The molecule has 8 heteroatoms. The smallest absolute Gasteiger partial charge is 0.474 e. The van der Waals surface area contributed by atoms with Crippen molar-refractivity contribution in [3.63, 3.8) is 0 Å². The molecule has 0 aromatic rings. The molecule has 0 aliphatic carbocycles. The SMILES string of the molecule is CCCCS(=O)[O-].CCOP(=O)(OCC)OCC. The molecule has 0 aliphatic rings. The Hall–Kier alpha value is 0.220. The predicted molar refractivity (Wildman–Crippen MR) is 71.2 cm³/mol. The van der Waals surface area contributed by atoms with Crippen molar-refractivity contribution in [1.29, 1.82) is 0 Å². The van der Waals surface area contributed by atoms with Gasteiger partial charge >= 0.3 is 7.82 Å². The van der Waals surface area contributed by atoms with Crippen LogP contribution in [0, 0.1) is 0 Å². The van der Waals surface area contributed by atoms with E-state index in [-0.39, 0.29) is 0 Å². The second-order valence-electron chi connectivity index (χ2n) is 3.06. The van der Waals surface area contributed by atoms with Crippen LogP contribution in [0.5, 0.6) is 0 Å². The maximum absolute atomic E-state index is 11.3. The van der Waals surface area contributed by atoms with Crippen LogP contribution in [-0.4, -0.2) is 34.3 Å². The second-order valence-corrected chi connectivity index (χ2v) is 5.75. The summed E-state index contributed by atoms with van der Waals surface area (Å²) in [6, 6.07) is 0. The summed E-state index contributed by atoms with van der Waals surface area (Å²) in [4.78, 5) is 0. The van der Waals surface area contributed by atoms with E-state index < -0.39 is 18.9 Å². The molecule has 0 aromatic heterocycles. The largest absolute Gasteiger partial charge is 0.772 e. The Labute approximate surface area is 112 Å². The van der Waals surface area contributed by atoms with Gasteiger partial charge in [-0.1, -0.05) is 24.4 Å². The van der Waals surface area contributed by atoms with Gasteiger partial charge in [0, 0.05) is 5.75 Å². The highest BCUT2D eigenvalue weighted by Gasteiger charge is 2.23. The van der Waals surface area contributed by atoms with E-state index in [0.717, 1.165) is 12.8 Å². The van der Waals surface area contributed by atoms with Crippen molar-refractivity contribution in [2.75, 3.05) is 25.6 Å². The fourth-order valence-corrected chi connectivity index (χ4v) is 2.55. The topological polar surface area (TPSA) is 84.9 Å². The lowest BCUT2D eigenvalue weighted by atomic mass is 10.4. The summed E-state index contributed by atoms with van der Waals surface area (Å²) in [6.45, 7) is 8.18. The van der Waals surface area contributed by atoms with E-state index in [2.05, 4.69) is 0 Å². The minimum absolute atomic E-state index is 0.316. The molecule has 6 nitrogen and oxygen atoms in total. The van der Waals surface area contributed by atoms with E-state index in [1.54, 1.807) is 20.8 Å². The van der Waals surface area contributed by atoms with Gasteiger partial charge in [0.05, 0.1) is 19.8 Å². The Kier molecular flexibility index (Phi) is 15.6. The summed E-state index contributed by atoms with van der Waals surface area (Å²) in [5.74, 6) is 0.316. The third kappa shape index (κ3) is 14.3. The molecule has 0 aromatic carbocycles. The first-order valence-corrected chi connectivity index (χ1v) is 8.75. The van der Waals surface area contributed by atoms with Crippen LogP contribution in [0.15, 0.2) is 0 Å². The Morgan fingerprint density at radius 1 is 1.00 bits per heavy atom. The quantitative estimate of drug-likeness (QED) is 0.481. The number of hydrogen-bond acceptors (Lipinski definition) is 6. The Balaban J connectivity index is 0. The zero-order chi connectivity index (χ0) is 14.4. The molecule has 0 spiro atoms. The van der Waals surface area contributed by atoms with Crippen molar-refractivity contribution in [3.05, 3.63) is 0 Å². The van der Waals surface area contributed by atoms with Gasteiger partial charge in [0.1, 0.15) is 0 Å². The highest BCUT2D eigenvalue weighted by atomic mass is 32.2. The summed E-state index contributed by atoms with van der Waals surface area (Å²) >= 11 is -1.82. The number of unbranched alkanes of at least 4 members (excludes halogenated alkanes) is 1. The monoisotopic (exact) mass is 303 g/mol. The minimum Gasteiger partial charge on any atom is -0.772 e. The third-order valence-corrected chi connectivity index (χ3v) is 3.87. The Morgan fingerprint density at radius 2 is 1.39 bits per heavy atom. The van der Waals surface area contributed by atoms with E-state index in [9.17, 15) is 13.3 Å². The third-order valence-electron chi connectivity index (χ3n) is 1.53. The highest BCUT2D eigenvalue weighted by Crippen LogP contribution is 2.48. The molecule has 0 amide bonds. The van der Waals surface area contributed by atoms with Gasteiger partial charge in [-0.25, -0.2) is 4.57 Å². The summed E-state index contributed by atoms with van der Waals surface area (Å²) in [5, 5.41) is 0. The van der Waals surface area contributed by atoms with Gasteiger partial charge in [0.2, 0.25) is 0 Å². The molecule has 0 saturated carbocycles. The van der Waals surface area contributed by atoms with Crippen LogP contribution in [-0.2, 0) is 29.2 Å². The maximum atomic E-state index is 11.3. The van der Waals surface area contributed by atoms with Crippen LogP contribution in [0.4, 0.5) is 0 Å². The molecule has 0 aliphatic heterocycles. The fraction of sp³-hybridized carbons (Fsp3) is 1.00. The van der Waals surface area contributed by atoms with Gasteiger partial charge in [-0.05, 0) is 27.2 Å². The summed E-state index contributed by atoms with van der Waals surface area (Å²) in [6.07, 6.45) is 1.74. The van der Waals surface area contributed by atoms with Gasteiger partial charge < -0.3 is 4.55 Å². The molecule has 18 heavy (non-hydrogen) atoms. The van der Waals surface area contributed by atoms with Gasteiger partial charge in [-0.2, -0.15) is 0 Å². The average Bonchev–Trinajstić information content (AvgIpc) is 2.28. The molecule has 1 unspecified atom stereocenters. The number of rotatable bonds is 9. The Morgan fingerprint density at radius 3 is 1.56 bits per heavy atom. The van der Waals surface area contributed by atoms with Gasteiger partial charge in [-0.3, -0.25) is 17.8 Å². The first-order valence-electron chi connectivity index (χ1n) is 6.05. The van der Waals surface area contributed by atoms with Gasteiger partial charge in [0.25, 0.3) is 0 Å². The molecule has 1 atom stereocenters. The molecule has 0 bridgehead atoms. The number of hydrogen-bond donors (Lipinski definition) is 0. The van der Waals surface area contributed by atoms with Gasteiger partial charge in [-0.15, -0.1) is 0 Å². The van der Waals surface area contributed by atoms with Gasteiger partial charge in [0.15, 0.2) is 0 Å². The average molecular weight is 303 g/mol. The maximum Gasteiger partial charge on any atom is 0.474 e. The van der Waals surface area contributed by atoms with E-state index in [1.165, 1.54) is 0 Å². The lowest BCUT2D eigenvalue weighted by Gasteiger charge is -2.14. The molecule has 0 heterocycles. The lowest BCUT2D eigenvalue weighted by molar-refractivity contribution is 0.126. The van der Waals surface area contributed by atoms with Crippen LogP contribution in [0.2, 0.25) is 0 Å². The van der Waals surface area contributed by atoms with E-state index in [4.69, 9.17) is 13.6 Å². The van der Waals surface area contributed by atoms with Crippen LogP contribution in [0.3, 0.4) is 0 Å². The Bertz CT molecular complexity index is 225. The normalized spacial score (nSPS) is 12.7. The fourth-order valence-electron chi connectivity index (χ4n) is 0.848. The molecule has 0 N–H and O–H groups in total. The van der Waals surface area contributed by atoms with Crippen LogP contribution >= 0.6 is 7.82 Å². The van der Waals surface area contributed by atoms with E-state index in [1.807, 2.05) is 6.92 Å². The molecular weight excluding hydrogens is 279 g/mol. The summed E-state index contributed by atoms with van der Waals surface area (Å²) in [7, 11) is -3.22. The molecule has 0 radical (unpaired) electrons. The zero-order valence-corrected chi connectivity index (χ0v) is 13.3. The van der Waals surface area contributed by atoms with Crippen molar-refractivity contribution in [1.82, 2.24) is 0 Å². The van der Waals surface area contributed by atoms with Crippen molar-refractivity contribution < 1.29 is 26.9 Å². The lowest BCUT2D eigenvalue weighted by Crippen LogP contribution is -1.99. The zero-order valence-electron chi connectivity index (χ0n) is 11.5. The molecule has 112 valence electrons. The first kappa shape index (κ1) is 20.5. The van der Waals surface area contributed by atoms with Crippen molar-refractivity contribution >= 4 is 18.9 Å². The van der Waals surface area contributed by atoms with Crippen molar-refractivity contribution in [3.8, 4) is 0 Å². The molecule has 0 rings (SSSR count). The standard InChI is InChI=1S/C6H15O4P.C4H10O2S/c1-4-8-11(7,9-5-2)10-6-3;1-2-3-4-7(5)6/h4-6H2,1-3H3;2-4H2,1H3,(H,5,6)/p-1. The second kappa shape index (κ2) is 13.6.